The van der Waals surface area contributed by atoms with Gasteiger partial charge in [-0.2, -0.15) is 0 Å². The van der Waals surface area contributed by atoms with E-state index in [4.69, 9.17) is 9.26 Å². The molecule has 0 saturated heterocycles. The van der Waals surface area contributed by atoms with Crippen LogP contribution in [0.25, 0.3) is 11.3 Å². The van der Waals surface area contributed by atoms with E-state index in [1.54, 1.807) is 24.4 Å². The SMILES string of the molecule is CC1Cc2ccccc2N1S(=O)(=O)c1ccc2c(c1)-c1oncc1CO2. The number of ether oxygens (including phenoxy) is 1. The van der Waals surface area contributed by atoms with Crippen molar-refractivity contribution in [1.82, 2.24) is 5.16 Å². The average Bonchev–Trinajstić information content (AvgIpc) is 3.24. The fourth-order valence-corrected chi connectivity index (χ4v) is 5.45. The van der Waals surface area contributed by atoms with Gasteiger partial charge in [-0.25, -0.2) is 8.42 Å². The minimum atomic E-state index is -3.70. The second-order valence-corrected chi connectivity index (χ2v) is 8.42. The lowest BCUT2D eigenvalue weighted by atomic mass is 10.1. The Hall–Kier alpha value is -2.80. The highest BCUT2D eigenvalue weighted by Gasteiger charge is 2.36. The molecule has 0 spiro atoms. The lowest BCUT2D eigenvalue weighted by Gasteiger charge is -2.25. The molecule has 0 saturated carbocycles. The van der Waals surface area contributed by atoms with Crippen molar-refractivity contribution in [2.75, 3.05) is 4.31 Å². The normalized spacial score (nSPS) is 18.0. The smallest absolute Gasteiger partial charge is 0.264 e. The maximum Gasteiger partial charge on any atom is 0.264 e. The van der Waals surface area contributed by atoms with Crippen molar-refractivity contribution in [3.05, 3.63) is 59.8 Å². The second kappa shape index (κ2) is 5.35. The van der Waals surface area contributed by atoms with E-state index >= 15 is 0 Å². The Morgan fingerprint density at radius 3 is 2.88 bits per heavy atom. The fraction of sp³-hybridized carbons (Fsp3) is 0.211. The Kier molecular flexibility index (Phi) is 3.18. The van der Waals surface area contributed by atoms with Gasteiger partial charge in [-0.15, -0.1) is 0 Å². The van der Waals surface area contributed by atoms with Crippen molar-refractivity contribution in [3.63, 3.8) is 0 Å². The van der Waals surface area contributed by atoms with Gasteiger partial charge in [0.15, 0.2) is 5.76 Å². The van der Waals surface area contributed by atoms with Gasteiger partial charge in [0.25, 0.3) is 10.0 Å². The van der Waals surface area contributed by atoms with Crippen LogP contribution >= 0.6 is 0 Å². The molecule has 2 aliphatic heterocycles. The number of anilines is 1. The maximum absolute atomic E-state index is 13.4. The third-order valence-electron chi connectivity index (χ3n) is 4.92. The third kappa shape index (κ3) is 2.10. The maximum atomic E-state index is 13.4. The molecule has 6 nitrogen and oxygen atoms in total. The van der Waals surface area contributed by atoms with Crippen LogP contribution in [0.1, 0.15) is 18.1 Å². The van der Waals surface area contributed by atoms with Crippen LogP contribution in [0.15, 0.2) is 58.1 Å². The van der Waals surface area contributed by atoms with Crippen LogP contribution in [0.2, 0.25) is 0 Å². The summed E-state index contributed by atoms with van der Waals surface area (Å²) in [6.45, 7) is 2.29. The number of para-hydroxylation sites is 1. The van der Waals surface area contributed by atoms with Crippen LogP contribution < -0.4 is 9.04 Å². The molecule has 1 unspecified atom stereocenters. The summed E-state index contributed by atoms with van der Waals surface area (Å²) < 4.78 is 39.3. The van der Waals surface area contributed by atoms with Crippen molar-refractivity contribution < 1.29 is 17.7 Å². The molecule has 0 aliphatic carbocycles. The Bertz CT molecular complexity index is 1120. The summed E-state index contributed by atoms with van der Waals surface area (Å²) in [6.07, 6.45) is 2.30. The van der Waals surface area contributed by atoms with Crippen molar-refractivity contribution in [3.8, 4) is 17.1 Å². The van der Waals surface area contributed by atoms with Crippen LogP contribution in [-0.2, 0) is 23.1 Å². The Balaban J connectivity index is 1.64. The van der Waals surface area contributed by atoms with Gasteiger partial charge in [0.2, 0.25) is 0 Å². The van der Waals surface area contributed by atoms with Crippen molar-refractivity contribution >= 4 is 15.7 Å². The molecule has 5 rings (SSSR count). The summed E-state index contributed by atoms with van der Waals surface area (Å²) in [5.41, 5.74) is 3.22. The van der Waals surface area contributed by atoms with E-state index in [1.807, 2.05) is 31.2 Å². The Morgan fingerprint density at radius 1 is 1.15 bits per heavy atom. The van der Waals surface area contributed by atoms with Gasteiger partial charge < -0.3 is 9.26 Å². The van der Waals surface area contributed by atoms with Crippen LogP contribution in [0.5, 0.6) is 5.75 Å². The van der Waals surface area contributed by atoms with Crippen molar-refractivity contribution in [1.29, 1.82) is 0 Å². The quantitative estimate of drug-likeness (QED) is 0.693. The lowest BCUT2D eigenvalue weighted by Crippen LogP contribution is -2.35. The summed E-state index contributed by atoms with van der Waals surface area (Å²) in [7, 11) is -3.70. The van der Waals surface area contributed by atoms with E-state index in [2.05, 4.69) is 5.16 Å². The fourth-order valence-electron chi connectivity index (χ4n) is 3.73. The standard InChI is InChI=1S/C19H16N2O4S/c1-12-8-13-4-2-3-5-17(13)21(12)26(22,23)15-6-7-18-16(9-15)19-14(11-24-18)10-20-25-19/h2-7,9-10,12H,8,11H2,1H3. The van der Waals surface area contributed by atoms with E-state index in [0.717, 1.165) is 16.8 Å². The number of aromatic nitrogens is 1. The minimum absolute atomic E-state index is 0.134. The average molecular weight is 368 g/mol. The molecule has 132 valence electrons. The molecule has 7 heteroatoms. The molecule has 0 bridgehead atoms. The first-order chi connectivity index (χ1) is 12.6. The molecular formula is C19H16N2O4S. The molecule has 26 heavy (non-hydrogen) atoms. The molecule has 0 amide bonds. The third-order valence-corrected chi connectivity index (χ3v) is 6.85. The molecule has 2 aliphatic rings. The Labute approximate surface area is 151 Å². The largest absolute Gasteiger partial charge is 0.488 e. The molecule has 3 aromatic rings. The number of fused-ring (bicyclic) bond motifs is 4. The van der Waals surface area contributed by atoms with Crippen LogP contribution in [-0.4, -0.2) is 19.6 Å². The number of rotatable bonds is 2. The van der Waals surface area contributed by atoms with Crippen LogP contribution in [0.3, 0.4) is 0 Å². The molecule has 0 radical (unpaired) electrons. The molecule has 0 N–H and O–H groups in total. The molecule has 2 aromatic carbocycles. The highest BCUT2D eigenvalue weighted by atomic mass is 32.2. The van der Waals surface area contributed by atoms with Gasteiger partial charge in [-0.05, 0) is 43.2 Å². The summed E-state index contributed by atoms with van der Waals surface area (Å²) >= 11 is 0. The number of hydrogen-bond acceptors (Lipinski definition) is 5. The first kappa shape index (κ1) is 15.5. The highest BCUT2D eigenvalue weighted by Crippen LogP contribution is 2.41. The number of sulfonamides is 1. The van der Waals surface area contributed by atoms with E-state index in [9.17, 15) is 8.42 Å². The van der Waals surface area contributed by atoms with Gasteiger partial charge in [0.1, 0.15) is 12.4 Å². The molecule has 0 fully saturated rings. The van der Waals surface area contributed by atoms with Gasteiger partial charge in [-0.1, -0.05) is 23.4 Å². The monoisotopic (exact) mass is 368 g/mol. The summed E-state index contributed by atoms with van der Waals surface area (Å²) in [6, 6.07) is 12.4. The van der Waals surface area contributed by atoms with Gasteiger partial charge in [0.05, 0.1) is 27.9 Å². The molecule has 1 atom stereocenters. The highest BCUT2D eigenvalue weighted by molar-refractivity contribution is 7.92. The summed E-state index contributed by atoms with van der Waals surface area (Å²) in [5.74, 6) is 1.17. The number of hydrogen-bond donors (Lipinski definition) is 0. The summed E-state index contributed by atoms with van der Waals surface area (Å²) in [4.78, 5) is 0.215. The molecular weight excluding hydrogens is 352 g/mol. The zero-order valence-electron chi connectivity index (χ0n) is 14.0. The van der Waals surface area contributed by atoms with Crippen LogP contribution in [0, 0.1) is 0 Å². The predicted octanol–water partition coefficient (Wildman–Crippen LogP) is 3.37. The first-order valence-electron chi connectivity index (χ1n) is 8.39. The van der Waals surface area contributed by atoms with E-state index < -0.39 is 10.0 Å². The number of benzene rings is 2. The van der Waals surface area contributed by atoms with Gasteiger partial charge >= 0.3 is 0 Å². The van der Waals surface area contributed by atoms with E-state index in [1.165, 1.54) is 4.31 Å². The minimum Gasteiger partial charge on any atom is -0.488 e. The van der Waals surface area contributed by atoms with Crippen molar-refractivity contribution in [2.45, 2.75) is 30.9 Å². The topological polar surface area (TPSA) is 72.6 Å². The predicted molar refractivity (Wildman–Crippen MR) is 95.5 cm³/mol. The lowest BCUT2D eigenvalue weighted by molar-refractivity contribution is 0.297. The van der Waals surface area contributed by atoms with Gasteiger partial charge in [0, 0.05) is 6.04 Å². The van der Waals surface area contributed by atoms with E-state index in [0.29, 0.717) is 30.1 Å². The zero-order valence-corrected chi connectivity index (χ0v) is 14.9. The van der Waals surface area contributed by atoms with Gasteiger partial charge in [-0.3, -0.25) is 4.31 Å². The number of nitrogens with zero attached hydrogens (tertiary/aromatic N) is 2. The Morgan fingerprint density at radius 2 is 2.00 bits per heavy atom. The molecule has 3 heterocycles. The first-order valence-corrected chi connectivity index (χ1v) is 9.83. The zero-order chi connectivity index (χ0) is 17.9. The van der Waals surface area contributed by atoms with Crippen LogP contribution in [0.4, 0.5) is 5.69 Å². The van der Waals surface area contributed by atoms with Crippen molar-refractivity contribution in [2.24, 2.45) is 0 Å². The van der Waals surface area contributed by atoms with E-state index in [-0.39, 0.29) is 10.9 Å². The molecule has 1 aromatic heterocycles. The second-order valence-electron chi connectivity index (χ2n) is 6.61. The summed E-state index contributed by atoms with van der Waals surface area (Å²) in [5, 5.41) is 3.80.